The predicted octanol–water partition coefficient (Wildman–Crippen LogP) is -0.197. The molecule has 88 valence electrons. The molecule has 0 unspecified atom stereocenters. The van der Waals surface area contributed by atoms with Crippen LogP contribution in [0.25, 0.3) is 0 Å². The van der Waals surface area contributed by atoms with Crippen molar-refractivity contribution < 1.29 is 14.6 Å². The average molecular weight is 224 g/mol. The van der Waals surface area contributed by atoms with Crippen LogP contribution in [0.5, 0.6) is 5.75 Å². The maximum absolute atomic E-state index is 10.9. The highest BCUT2D eigenvalue weighted by Crippen LogP contribution is 2.23. The van der Waals surface area contributed by atoms with Gasteiger partial charge in [0.05, 0.1) is 19.8 Å². The fourth-order valence-corrected chi connectivity index (χ4v) is 1.33. The molecule has 1 atom stereocenters. The number of nitrogens with two attached hydrogens (primary N) is 1. The first-order valence-corrected chi connectivity index (χ1v) is 4.96. The molecule has 1 aromatic carbocycles. The van der Waals surface area contributed by atoms with Crippen LogP contribution in [0.15, 0.2) is 24.3 Å². The molecule has 16 heavy (non-hydrogen) atoms. The lowest BCUT2D eigenvalue weighted by molar-refractivity contribution is -0.120. The van der Waals surface area contributed by atoms with Crippen LogP contribution in [0, 0.1) is 0 Å². The average Bonchev–Trinajstić information content (AvgIpc) is 2.35. The zero-order chi connectivity index (χ0) is 12.0. The van der Waals surface area contributed by atoms with E-state index in [9.17, 15) is 9.90 Å². The van der Waals surface area contributed by atoms with Crippen molar-refractivity contribution >= 4 is 5.91 Å². The van der Waals surface area contributed by atoms with Gasteiger partial charge in [-0.2, -0.15) is 0 Å². The van der Waals surface area contributed by atoms with Crippen molar-refractivity contribution in [3.8, 4) is 5.75 Å². The number of rotatable bonds is 5. The summed E-state index contributed by atoms with van der Waals surface area (Å²) in [5.41, 5.74) is 5.78. The molecular formula is C11H16N2O3. The lowest BCUT2D eigenvalue weighted by atomic mass is 10.1. The molecule has 0 fully saturated rings. The standard InChI is InChI=1S/C11H16N2O3/c1-16-10-5-3-2-4-8(10)9(14)7-13-11(15)6-12/h2-5,9,14H,6-7,12H2,1H3,(H,13,15)/t9-/m0/s1. The number of benzene rings is 1. The van der Waals surface area contributed by atoms with Crippen molar-refractivity contribution in [1.82, 2.24) is 5.32 Å². The Hall–Kier alpha value is -1.59. The monoisotopic (exact) mass is 224 g/mol. The van der Waals surface area contributed by atoms with Gasteiger partial charge in [0, 0.05) is 12.1 Å². The van der Waals surface area contributed by atoms with Gasteiger partial charge in [0.1, 0.15) is 5.75 Å². The highest BCUT2D eigenvalue weighted by molar-refractivity contribution is 5.77. The quantitative estimate of drug-likeness (QED) is 0.647. The number of hydrogen-bond donors (Lipinski definition) is 3. The number of methoxy groups -OCH3 is 1. The Morgan fingerprint density at radius 3 is 2.88 bits per heavy atom. The second-order valence-corrected chi connectivity index (χ2v) is 3.27. The molecule has 0 saturated carbocycles. The number of para-hydroxylation sites is 1. The molecule has 0 aliphatic heterocycles. The van der Waals surface area contributed by atoms with Crippen LogP contribution in [-0.2, 0) is 4.79 Å². The smallest absolute Gasteiger partial charge is 0.233 e. The highest BCUT2D eigenvalue weighted by Gasteiger charge is 2.12. The lowest BCUT2D eigenvalue weighted by Crippen LogP contribution is -2.33. The largest absolute Gasteiger partial charge is 0.496 e. The van der Waals surface area contributed by atoms with Crippen molar-refractivity contribution in [2.24, 2.45) is 5.73 Å². The summed E-state index contributed by atoms with van der Waals surface area (Å²) in [6.45, 7) is 0.0368. The van der Waals surface area contributed by atoms with Crippen molar-refractivity contribution in [1.29, 1.82) is 0 Å². The molecule has 1 aromatic rings. The van der Waals surface area contributed by atoms with Gasteiger partial charge in [0.2, 0.25) is 5.91 Å². The molecule has 0 bridgehead atoms. The van der Waals surface area contributed by atoms with Crippen LogP contribution in [0.1, 0.15) is 11.7 Å². The summed E-state index contributed by atoms with van der Waals surface area (Å²) in [5.74, 6) is 0.297. The van der Waals surface area contributed by atoms with Crippen molar-refractivity contribution in [2.75, 3.05) is 20.2 Å². The number of hydrogen-bond acceptors (Lipinski definition) is 4. The molecule has 5 nitrogen and oxygen atoms in total. The molecular weight excluding hydrogens is 208 g/mol. The molecule has 0 saturated heterocycles. The van der Waals surface area contributed by atoms with Gasteiger partial charge >= 0.3 is 0 Å². The van der Waals surface area contributed by atoms with Gasteiger partial charge in [-0.25, -0.2) is 0 Å². The summed E-state index contributed by atoms with van der Waals surface area (Å²) < 4.78 is 5.10. The van der Waals surface area contributed by atoms with Crippen LogP contribution < -0.4 is 15.8 Å². The van der Waals surface area contributed by atoms with Crippen LogP contribution >= 0.6 is 0 Å². The third kappa shape index (κ3) is 3.22. The molecule has 0 aliphatic rings. The van der Waals surface area contributed by atoms with Gasteiger partial charge in [-0.15, -0.1) is 0 Å². The Kier molecular flexibility index (Phi) is 4.75. The molecule has 4 N–H and O–H groups in total. The summed E-state index contributed by atoms with van der Waals surface area (Å²) >= 11 is 0. The number of aliphatic hydroxyl groups is 1. The summed E-state index contributed by atoms with van der Waals surface area (Å²) in [7, 11) is 1.53. The van der Waals surface area contributed by atoms with E-state index in [0.717, 1.165) is 0 Å². The first-order chi connectivity index (χ1) is 7.69. The number of aliphatic hydroxyl groups excluding tert-OH is 1. The third-order valence-electron chi connectivity index (χ3n) is 2.18. The molecule has 5 heteroatoms. The van der Waals surface area contributed by atoms with Crippen molar-refractivity contribution in [3.63, 3.8) is 0 Å². The van der Waals surface area contributed by atoms with E-state index in [0.29, 0.717) is 11.3 Å². The van der Waals surface area contributed by atoms with Crippen molar-refractivity contribution in [3.05, 3.63) is 29.8 Å². The van der Waals surface area contributed by atoms with Gasteiger partial charge in [-0.05, 0) is 6.07 Å². The number of ether oxygens (including phenoxy) is 1. The maximum atomic E-state index is 10.9. The topological polar surface area (TPSA) is 84.6 Å². The van der Waals surface area contributed by atoms with Crippen LogP contribution in [-0.4, -0.2) is 31.2 Å². The van der Waals surface area contributed by atoms with E-state index in [1.54, 1.807) is 18.2 Å². The van der Waals surface area contributed by atoms with E-state index in [2.05, 4.69) is 5.32 Å². The van der Waals surface area contributed by atoms with Gasteiger partial charge in [-0.3, -0.25) is 4.79 Å². The Morgan fingerprint density at radius 1 is 1.56 bits per heavy atom. The fraction of sp³-hybridized carbons (Fsp3) is 0.364. The van der Waals surface area contributed by atoms with Gasteiger partial charge in [-0.1, -0.05) is 18.2 Å². The lowest BCUT2D eigenvalue weighted by Gasteiger charge is -2.14. The Labute approximate surface area is 94.2 Å². The molecule has 0 spiro atoms. The minimum Gasteiger partial charge on any atom is -0.496 e. The van der Waals surface area contributed by atoms with Crippen LogP contribution in [0.3, 0.4) is 0 Å². The first kappa shape index (κ1) is 12.5. The Morgan fingerprint density at radius 2 is 2.25 bits per heavy atom. The Bertz CT molecular complexity index is 355. The van der Waals surface area contributed by atoms with E-state index >= 15 is 0 Å². The molecule has 1 rings (SSSR count). The minimum absolute atomic E-state index is 0.0847. The van der Waals surface area contributed by atoms with Crippen LogP contribution in [0.4, 0.5) is 0 Å². The van der Waals surface area contributed by atoms with E-state index in [-0.39, 0.29) is 19.0 Å². The van der Waals surface area contributed by atoms with Gasteiger partial charge in [0.25, 0.3) is 0 Å². The maximum Gasteiger partial charge on any atom is 0.233 e. The second kappa shape index (κ2) is 6.09. The van der Waals surface area contributed by atoms with Gasteiger partial charge in [0.15, 0.2) is 0 Å². The number of carbonyl (C=O) groups is 1. The zero-order valence-electron chi connectivity index (χ0n) is 9.14. The number of carbonyl (C=O) groups excluding carboxylic acids is 1. The Balaban J connectivity index is 2.65. The van der Waals surface area contributed by atoms with Crippen molar-refractivity contribution in [2.45, 2.75) is 6.10 Å². The first-order valence-electron chi connectivity index (χ1n) is 4.96. The summed E-state index contributed by atoms with van der Waals surface area (Å²) in [5, 5.41) is 12.4. The molecule has 0 aromatic heterocycles. The molecule has 0 aliphatic carbocycles. The molecule has 0 heterocycles. The number of nitrogens with one attached hydrogen (secondary N) is 1. The van der Waals surface area contributed by atoms with E-state index in [1.165, 1.54) is 7.11 Å². The summed E-state index contributed by atoms with van der Waals surface area (Å²) in [6, 6.07) is 7.11. The fourth-order valence-electron chi connectivity index (χ4n) is 1.33. The predicted molar refractivity (Wildman–Crippen MR) is 60.0 cm³/mol. The third-order valence-corrected chi connectivity index (χ3v) is 2.18. The van der Waals surface area contributed by atoms with Gasteiger partial charge < -0.3 is 20.9 Å². The van der Waals surface area contributed by atoms with Crippen LogP contribution in [0.2, 0.25) is 0 Å². The minimum atomic E-state index is -0.799. The SMILES string of the molecule is COc1ccccc1[C@@H](O)CNC(=O)CN. The summed E-state index contributed by atoms with van der Waals surface area (Å²) in [4.78, 5) is 10.9. The van der Waals surface area contributed by atoms with E-state index < -0.39 is 6.10 Å². The highest BCUT2D eigenvalue weighted by atomic mass is 16.5. The zero-order valence-corrected chi connectivity index (χ0v) is 9.14. The number of amides is 1. The van der Waals surface area contributed by atoms with E-state index in [1.807, 2.05) is 6.07 Å². The molecule has 1 amide bonds. The molecule has 0 radical (unpaired) electrons. The van der Waals surface area contributed by atoms with E-state index in [4.69, 9.17) is 10.5 Å². The summed E-state index contributed by atoms with van der Waals surface area (Å²) in [6.07, 6.45) is -0.799. The second-order valence-electron chi connectivity index (χ2n) is 3.27. The normalized spacial score (nSPS) is 11.9.